The zero-order chi connectivity index (χ0) is 21.3. The van der Waals surface area contributed by atoms with Crippen LogP contribution in [0.15, 0.2) is 54.2 Å². The molecule has 1 unspecified atom stereocenters. The topological polar surface area (TPSA) is 74.1 Å². The Morgan fingerprint density at radius 3 is 2.77 bits per heavy atom. The molecule has 0 aliphatic heterocycles. The van der Waals surface area contributed by atoms with Gasteiger partial charge in [0.1, 0.15) is 17.4 Å². The van der Waals surface area contributed by atoms with E-state index in [4.69, 9.17) is 4.74 Å². The fraction of sp³-hybridized carbons (Fsp3) is 0.360. The minimum atomic E-state index is -0.364. The van der Waals surface area contributed by atoms with E-state index in [0.717, 1.165) is 36.1 Å². The number of benzene rings is 2. The highest BCUT2D eigenvalue weighted by atomic mass is 16.5. The van der Waals surface area contributed by atoms with E-state index < -0.39 is 0 Å². The number of carbonyl (C=O) groups is 1. The van der Waals surface area contributed by atoms with E-state index in [1.807, 2.05) is 37.3 Å². The van der Waals surface area contributed by atoms with Crippen molar-refractivity contribution < 1.29 is 9.53 Å². The number of hydrogen-bond donors (Lipinski definition) is 2. The fourth-order valence-corrected chi connectivity index (χ4v) is 3.75. The lowest BCUT2D eigenvalue weighted by Crippen LogP contribution is -2.29. The second kappa shape index (κ2) is 10.5. The Balaban J connectivity index is 1.54. The number of carbonyl (C=O) groups excluding carboxylic acids is 1. The van der Waals surface area contributed by atoms with Crippen LogP contribution in [0.5, 0.6) is 5.75 Å². The van der Waals surface area contributed by atoms with Gasteiger partial charge in [0.15, 0.2) is 0 Å². The molecule has 0 aromatic heterocycles. The molecule has 2 N–H and O–H groups in total. The van der Waals surface area contributed by atoms with Gasteiger partial charge >= 0.3 is 0 Å². The molecular formula is C25H29N3O2. The Bertz CT molecular complexity index is 959. The van der Waals surface area contributed by atoms with Crippen molar-refractivity contribution in [2.75, 3.05) is 13.7 Å². The fourth-order valence-electron chi connectivity index (χ4n) is 3.75. The molecule has 30 heavy (non-hydrogen) atoms. The number of fused-ring (bicyclic) bond motifs is 1. The number of aryl methyl sites for hydroxylation is 2. The monoisotopic (exact) mass is 403 g/mol. The van der Waals surface area contributed by atoms with Crippen LogP contribution in [0.3, 0.4) is 0 Å². The summed E-state index contributed by atoms with van der Waals surface area (Å²) in [5, 5.41) is 15.4. The van der Waals surface area contributed by atoms with Gasteiger partial charge in [-0.2, -0.15) is 5.26 Å². The lowest BCUT2D eigenvalue weighted by atomic mass is 9.89. The maximum atomic E-state index is 12.5. The quantitative estimate of drug-likeness (QED) is 0.397. The summed E-state index contributed by atoms with van der Waals surface area (Å²) in [7, 11) is 1.64. The molecule has 1 amide bonds. The first-order chi connectivity index (χ1) is 14.6. The Hall–Kier alpha value is -3.26. The lowest BCUT2D eigenvalue weighted by molar-refractivity contribution is -0.117. The molecule has 0 saturated carbocycles. The average molecular weight is 404 g/mol. The Morgan fingerprint density at radius 2 is 2.00 bits per heavy atom. The van der Waals surface area contributed by atoms with Crippen LogP contribution in [-0.4, -0.2) is 19.6 Å². The van der Waals surface area contributed by atoms with Crippen molar-refractivity contribution in [1.29, 1.82) is 5.26 Å². The van der Waals surface area contributed by atoms with Gasteiger partial charge in [0, 0.05) is 12.7 Å². The zero-order valence-corrected chi connectivity index (χ0v) is 17.7. The lowest BCUT2D eigenvalue weighted by Gasteiger charge is -2.20. The molecule has 0 saturated heterocycles. The summed E-state index contributed by atoms with van der Waals surface area (Å²) in [5.41, 5.74) is 5.08. The first kappa shape index (κ1) is 21.4. The van der Waals surface area contributed by atoms with Crippen LogP contribution in [0, 0.1) is 11.3 Å². The molecule has 5 heteroatoms. The number of ether oxygens (including phenoxy) is 1. The summed E-state index contributed by atoms with van der Waals surface area (Å²) in [6, 6.07) is 16.1. The largest absolute Gasteiger partial charge is 0.497 e. The van der Waals surface area contributed by atoms with Gasteiger partial charge < -0.3 is 15.4 Å². The van der Waals surface area contributed by atoms with Crippen LogP contribution in [0.2, 0.25) is 0 Å². The summed E-state index contributed by atoms with van der Waals surface area (Å²) < 4.78 is 5.22. The Kier molecular flexibility index (Phi) is 7.51. The predicted molar refractivity (Wildman–Crippen MR) is 118 cm³/mol. The van der Waals surface area contributed by atoms with E-state index in [0.29, 0.717) is 6.54 Å². The molecule has 2 aromatic carbocycles. The number of nitriles is 1. The van der Waals surface area contributed by atoms with Crippen LogP contribution in [0.1, 0.15) is 48.1 Å². The minimum absolute atomic E-state index is 0.0745. The number of nitrogens with one attached hydrogen (secondary N) is 2. The second-order valence-corrected chi connectivity index (χ2v) is 7.66. The standard InChI is InChI=1S/C25H29N3O2/c1-18(21-11-10-20-7-3-4-8-22(20)15-21)28-25(29)23(16-26)17-27-13-12-19-6-5-9-24(14-19)30-2/h5-6,9-11,14-15,17-18,27H,3-4,7-8,12-13H2,1-2H3,(H,28,29)/b23-17-. The van der Waals surface area contributed by atoms with Crippen molar-refractivity contribution in [2.45, 2.75) is 45.1 Å². The third kappa shape index (κ3) is 5.64. The van der Waals surface area contributed by atoms with E-state index in [9.17, 15) is 10.1 Å². The molecule has 2 aromatic rings. The van der Waals surface area contributed by atoms with E-state index >= 15 is 0 Å². The van der Waals surface area contributed by atoms with Gasteiger partial charge in [-0.3, -0.25) is 4.79 Å². The molecular weight excluding hydrogens is 374 g/mol. The van der Waals surface area contributed by atoms with E-state index in [1.54, 1.807) is 7.11 Å². The molecule has 0 spiro atoms. The molecule has 156 valence electrons. The summed E-state index contributed by atoms with van der Waals surface area (Å²) in [6.07, 6.45) is 6.97. The normalized spacial score (nSPS) is 14.2. The van der Waals surface area contributed by atoms with E-state index in [-0.39, 0.29) is 17.5 Å². The predicted octanol–water partition coefficient (Wildman–Crippen LogP) is 3.99. The van der Waals surface area contributed by atoms with Crippen LogP contribution in [-0.2, 0) is 24.1 Å². The minimum Gasteiger partial charge on any atom is -0.497 e. The molecule has 1 aliphatic rings. The van der Waals surface area contributed by atoms with Crippen LogP contribution < -0.4 is 15.4 Å². The van der Waals surface area contributed by atoms with Gasteiger partial charge in [-0.25, -0.2) is 0 Å². The van der Waals surface area contributed by atoms with Crippen molar-refractivity contribution in [3.05, 3.63) is 76.5 Å². The molecule has 5 nitrogen and oxygen atoms in total. The molecule has 1 atom stereocenters. The molecule has 0 bridgehead atoms. The van der Waals surface area contributed by atoms with E-state index in [2.05, 4.69) is 28.8 Å². The van der Waals surface area contributed by atoms with Gasteiger partial charge in [-0.1, -0.05) is 30.3 Å². The maximum absolute atomic E-state index is 12.5. The summed E-state index contributed by atoms with van der Waals surface area (Å²) in [5.74, 6) is 0.452. The van der Waals surface area contributed by atoms with Gasteiger partial charge in [0.25, 0.3) is 5.91 Å². The average Bonchev–Trinajstić information content (AvgIpc) is 2.78. The first-order valence-corrected chi connectivity index (χ1v) is 10.5. The highest BCUT2D eigenvalue weighted by Gasteiger charge is 2.16. The first-order valence-electron chi connectivity index (χ1n) is 10.5. The number of methoxy groups -OCH3 is 1. The summed E-state index contributed by atoms with van der Waals surface area (Å²) in [6.45, 7) is 2.57. The van der Waals surface area contributed by atoms with Crippen molar-refractivity contribution in [2.24, 2.45) is 0 Å². The van der Waals surface area contributed by atoms with Gasteiger partial charge in [-0.05, 0) is 73.4 Å². The Labute approximate surface area is 178 Å². The zero-order valence-electron chi connectivity index (χ0n) is 17.7. The van der Waals surface area contributed by atoms with Crippen LogP contribution >= 0.6 is 0 Å². The number of hydrogen-bond acceptors (Lipinski definition) is 4. The number of nitrogens with zero attached hydrogens (tertiary/aromatic N) is 1. The third-order valence-corrected chi connectivity index (χ3v) is 5.52. The summed E-state index contributed by atoms with van der Waals surface area (Å²) >= 11 is 0. The maximum Gasteiger partial charge on any atom is 0.263 e. The SMILES string of the molecule is COc1cccc(CCN/C=C(/C#N)C(=O)NC(C)c2ccc3c(c2)CCCC3)c1. The van der Waals surface area contributed by atoms with Crippen molar-refractivity contribution >= 4 is 5.91 Å². The van der Waals surface area contributed by atoms with Crippen molar-refractivity contribution in [1.82, 2.24) is 10.6 Å². The van der Waals surface area contributed by atoms with E-state index in [1.165, 1.54) is 30.2 Å². The highest BCUT2D eigenvalue weighted by molar-refractivity contribution is 5.97. The molecule has 1 aliphatic carbocycles. The van der Waals surface area contributed by atoms with Gasteiger partial charge in [0.2, 0.25) is 0 Å². The number of amides is 1. The molecule has 0 fully saturated rings. The Morgan fingerprint density at radius 1 is 1.20 bits per heavy atom. The van der Waals surface area contributed by atoms with Crippen molar-refractivity contribution in [3.63, 3.8) is 0 Å². The second-order valence-electron chi connectivity index (χ2n) is 7.66. The van der Waals surface area contributed by atoms with Gasteiger partial charge in [0.05, 0.1) is 13.2 Å². The molecule has 0 radical (unpaired) electrons. The van der Waals surface area contributed by atoms with Crippen LogP contribution in [0.4, 0.5) is 0 Å². The molecule has 0 heterocycles. The highest BCUT2D eigenvalue weighted by Crippen LogP contribution is 2.24. The number of rotatable bonds is 8. The van der Waals surface area contributed by atoms with Crippen molar-refractivity contribution in [3.8, 4) is 11.8 Å². The van der Waals surface area contributed by atoms with Crippen LogP contribution in [0.25, 0.3) is 0 Å². The third-order valence-electron chi connectivity index (χ3n) is 5.52. The summed E-state index contributed by atoms with van der Waals surface area (Å²) in [4.78, 5) is 12.5. The smallest absolute Gasteiger partial charge is 0.263 e. The molecule has 3 rings (SSSR count). The van der Waals surface area contributed by atoms with Gasteiger partial charge in [-0.15, -0.1) is 0 Å².